The van der Waals surface area contributed by atoms with Crippen molar-refractivity contribution in [2.45, 2.75) is 25.5 Å². The second kappa shape index (κ2) is 9.59. The molecule has 0 aromatic carbocycles. The maximum Gasteiger partial charge on any atom is 0.195 e. The lowest BCUT2D eigenvalue weighted by Crippen LogP contribution is -2.38. The number of ether oxygens (including phenoxy) is 1. The predicted octanol–water partition coefficient (Wildman–Crippen LogP) is 1.70. The van der Waals surface area contributed by atoms with Crippen molar-refractivity contribution < 1.29 is 9.15 Å². The molecule has 0 atom stereocenters. The first-order chi connectivity index (χ1) is 13.6. The van der Waals surface area contributed by atoms with Gasteiger partial charge in [-0.2, -0.15) is 10.5 Å². The van der Waals surface area contributed by atoms with Crippen molar-refractivity contribution in [2.75, 3.05) is 58.3 Å². The number of rotatable bonds is 8. The van der Waals surface area contributed by atoms with E-state index in [-0.39, 0.29) is 0 Å². The Morgan fingerprint density at radius 3 is 2.71 bits per heavy atom. The molecule has 0 unspecified atom stereocenters. The minimum atomic E-state index is -0.787. The molecule has 1 fully saturated rings. The third kappa shape index (κ3) is 4.83. The molecule has 0 aliphatic carbocycles. The molecule has 150 valence electrons. The summed E-state index contributed by atoms with van der Waals surface area (Å²) in [6.45, 7) is 5.71. The van der Waals surface area contributed by atoms with Gasteiger partial charge in [0.25, 0.3) is 0 Å². The Hall–Kier alpha value is -2.55. The van der Waals surface area contributed by atoms with Crippen molar-refractivity contribution in [2.24, 2.45) is 10.9 Å². The molecular formula is C20H28N6O2. The van der Waals surface area contributed by atoms with Crippen molar-refractivity contribution in [3.63, 3.8) is 0 Å². The van der Waals surface area contributed by atoms with Crippen LogP contribution >= 0.6 is 0 Å². The summed E-state index contributed by atoms with van der Waals surface area (Å²) < 4.78 is 11.5. The topological polar surface area (TPSA) is 92.0 Å². The number of nitrogens with zero attached hydrogens (tertiary/aromatic N) is 6. The molecule has 0 amide bonds. The molecule has 0 N–H and O–H groups in total. The average molecular weight is 384 g/mol. The Labute approximate surface area is 166 Å². The zero-order chi connectivity index (χ0) is 19.9. The third-order valence-corrected chi connectivity index (χ3v) is 5.46. The summed E-state index contributed by atoms with van der Waals surface area (Å²) in [5.41, 5.74) is 0. The number of piperidine rings is 1. The van der Waals surface area contributed by atoms with E-state index in [1.807, 2.05) is 36.2 Å². The first kappa shape index (κ1) is 20.2. The second-order valence-corrected chi connectivity index (χ2v) is 7.29. The lowest BCUT2D eigenvalue weighted by molar-refractivity contribution is 0.0370. The zero-order valence-electron chi connectivity index (χ0n) is 16.7. The maximum atomic E-state index is 9.11. The van der Waals surface area contributed by atoms with Gasteiger partial charge in [-0.25, -0.2) is 0 Å². The van der Waals surface area contributed by atoms with Crippen LogP contribution in [0, 0.1) is 28.6 Å². The normalized spacial score (nSPS) is 18.2. The largest absolute Gasteiger partial charge is 0.444 e. The molecule has 3 rings (SSSR count). The lowest BCUT2D eigenvalue weighted by atomic mass is 10.1. The molecule has 1 saturated heterocycles. The van der Waals surface area contributed by atoms with Crippen molar-refractivity contribution in [3.8, 4) is 12.1 Å². The number of hydrogen-bond acceptors (Lipinski definition) is 8. The SMILES string of the molecule is COC1CCN(Cc2ccc(N(C)CCN3CCN=C3C(C#N)C#N)o2)CC1. The van der Waals surface area contributed by atoms with E-state index in [4.69, 9.17) is 19.7 Å². The van der Waals surface area contributed by atoms with E-state index in [1.165, 1.54) is 0 Å². The molecule has 0 radical (unpaired) electrons. The Morgan fingerprint density at radius 2 is 2.04 bits per heavy atom. The molecule has 2 aliphatic rings. The number of furan rings is 1. The fourth-order valence-corrected chi connectivity index (χ4v) is 3.71. The summed E-state index contributed by atoms with van der Waals surface area (Å²) >= 11 is 0. The van der Waals surface area contributed by atoms with Crippen molar-refractivity contribution in [1.82, 2.24) is 9.80 Å². The summed E-state index contributed by atoms with van der Waals surface area (Å²) in [6.07, 6.45) is 2.52. The van der Waals surface area contributed by atoms with Crippen LogP contribution in [-0.4, -0.2) is 75.2 Å². The van der Waals surface area contributed by atoms with Gasteiger partial charge >= 0.3 is 0 Å². The molecule has 3 heterocycles. The van der Waals surface area contributed by atoms with Crippen LogP contribution in [0.5, 0.6) is 0 Å². The second-order valence-electron chi connectivity index (χ2n) is 7.29. The number of aliphatic imine (C=N–C) groups is 1. The fraction of sp³-hybridized carbons (Fsp3) is 0.650. The summed E-state index contributed by atoms with van der Waals surface area (Å²) in [4.78, 5) is 10.8. The molecular weight excluding hydrogens is 356 g/mol. The van der Waals surface area contributed by atoms with Gasteiger partial charge < -0.3 is 19.0 Å². The maximum absolute atomic E-state index is 9.11. The average Bonchev–Trinajstić information content (AvgIpc) is 3.38. The van der Waals surface area contributed by atoms with E-state index in [0.29, 0.717) is 25.0 Å². The summed E-state index contributed by atoms with van der Waals surface area (Å²) in [7, 11) is 3.78. The highest BCUT2D eigenvalue weighted by Crippen LogP contribution is 2.21. The number of likely N-dealkylation sites (N-methyl/N-ethyl adjacent to an activating group) is 1. The van der Waals surface area contributed by atoms with Crippen LogP contribution in [0.4, 0.5) is 5.88 Å². The van der Waals surface area contributed by atoms with E-state index < -0.39 is 5.92 Å². The summed E-state index contributed by atoms with van der Waals surface area (Å²) in [6, 6.07) is 8.07. The summed E-state index contributed by atoms with van der Waals surface area (Å²) in [5, 5.41) is 18.2. The van der Waals surface area contributed by atoms with E-state index in [9.17, 15) is 0 Å². The number of nitriles is 2. The molecule has 1 aromatic heterocycles. The van der Waals surface area contributed by atoms with Gasteiger partial charge in [-0.15, -0.1) is 0 Å². The number of hydrogen-bond donors (Lipinski definition) is 0. The fourth-order valence-electron chi connectivity index (χ4n) is 3.71. The zero-order valence-corrected chi connectivity index (χ0v) is 16.7. The smallest absolute Gasteiger partial charge is 0.195 e. The number of methoxy groups -OCH3 is 1. The van der Waals surface area contributed by atoms with Gasteiger partial charge in [0.2, 0.25) is 0 Å². The number of amidine groups is 1. The summed E-state index contributed by atoms with van der Waals surface area (Å²) in [5.74, 6) is 1.61. The van der Waals surface area contributed by atoms with Gasteiger partial charge in [0.1, 0.15) is 11.6 Å². The van der Waals surface area contributed by atoms with Crippen LogP contribution in [0.1, 0.15) is 18.6 Å². The van der Waals surface area contributed by atoms with E-state index in [0.717, 1.165) is 57.2 Å². The Bertz CT molecular complexity index is 739. The number of anilines is 1. The standard InChI is InChI=1S/C20H28N6O2/c1-24(11-12-26-10-7-23-20(26)16(13-21)14-22)19-4-3-18(28-19)15-25-8-5-17(27-2)6-9-25/h3-4,16-17H,5-12,15H2,1-2H3. The third-order valence-electron chi connectivity index (χ3n) is 5.46. The quantitative estimate of drug-likeness (QED) is 0.673. The van der Waals surface area contributed by atoms with Gasteiger partial charge in [0, 0.05) is 52.9 Å². The van der Waals surface area contributed by atoms with Crippen molar-refractivity contribution in [3.05, 3.63) is 17.9 Å². The molecule has 28 heavy (non-hydrogen) atoms. The van der Waals surface area contributed by atoms with E-state index >= 15 is 0 Å². The molecule has 2 aliphatic heterocycles. The molecule has 1 aromatic rings. The predicted molar refractivity (Wildman–Crippen MR) is 106 cm³/mol. The molecule has 8 nitrogen and oxygen atoms in total. The van der Waals surface area contributed by atoms with Gasteiger partial charge in [-0.3, -0.25) is 9.89 Å². The van der Waals surface area contributed by atoms with Crippen LogP contribution in [0.2, 0.25) is 0 Å². The van der Waals surface area contributed by atoms with Crippen molar-refractivity contribution >= 4 is 11.7 Å². The van der Waals surface area contributed by atoms with E-state index in [2.05, 4.69) is 14.8 Å². The van der Waals surface area contributed by atoms with Crippen molar-refractivity contribution in [1.29, 1.82) is 10.5 Å². The first-order valence-electron chi connectivity index (χ1n) is 9.78. The molecule has 0 spiro atoms. The minimum absolute atomic E-state index is 0.384. The van der Waals surface area contributed by atoms with Crippen LogP contribution in [-0.2, 0) is 11.3 Å². The highest BCUT2D eigenvalue weighted by atomic mass is 16.5. The first-order valence-corrected chi connectivity index (χ1v) is 9.78. The Kier molecular flexibility index (Phi) is 6.91. The molecule has 8 heteroatoms. The van der Waals surface area contributed by atoms with Gasteiger partial charge in [0.05, 0.1) is 31.3 Å². The van der Waals surface area contributed by atoms with Crippen LogP contribution in [0.25, 0.3) is 0 Å². The molecule has 0 saturated carbocycles. The highest BCUT2D eigenvalue weighted by Gasteiger charge is 2.25. The van der Waals surface area contributed by atoms with Crippen LogP contribution in [0.3, 0.4) is 0 Å². The van der Waals surface area contributed by atoms with Gasteiger partial charge in [-0.1, -0.05) is 0 Å². The number of likely N-dealkylation sites (tertiary alicyclic amines) is 1. The van der Waals surface area contributed by atoms with Gasteiger partial charge in [-0.05, 0) is 18.9 Å². The highest BCUT2D eigenvalue weighted by molar-refractivity contribution is 5.90. The van der Waals surface area contributed by atoms with E-state index in [1.54, 1.807) is 7.11 Å². The van der Waals surface area contributed by atoms with Crippen LogP contribution in [0.15, 0.2) is 21.5 Å². The van der Waals surface area contributed by atoms with Crippen LogP contribution < -0.4 is 4.90 Å². The monoisotopic (exact) mass is 384 g/mol. The Balaban J connectivity index is 1.48. The molecule has 0 bridgehead atoms. The Morgan fingerprint density at radius 1 is 1.29 bits per heavy atom. The lowest BCUT2D eigenvalue weighted by Gasteiger charge is -2.30. The minimum Gasteiger partial charge on any atom is -0.444 e. The van der Waals surface area contributed by atoms with Gasteiger partial charge in [0.15, 0.2) is 11.8 Å².